The second-order valence-electron chi connectivity index (χ2n) is 3.67. The first kappa shape index (κ1) is 9.78. The summed E-state index contributed by atoms with van der Waals surface area (Å²) in [5, 5.41) is 3.89. The Hall–Kier alpha value is -2.42. The highest BCUT2D eigenvalue weighted by Crippen LogP contribution is 2.29. The van der Waals surface area contributed by atoms with Gasteiger partial charge in [0.05, 0.1) is 0 Å². The first-order valence-corrected chi connectivity index (χ1v) is 5.36. The third-order valence-corrected chi connectivity index (χ3v) is 2.61. The van der Waals surface area contributed by atoms with Crippen LogP contribution in [0, 0.1) is 0 Å². The van der Waals surface area contributed by atoms with Crippen LogP contribution in [0.15, 0.2) is 65.5 Å². The SMILES string of the molecule is c1ccc(-c2ccccc2-c2ncon2)cc1. The van der Waals surface area contributed by atoms with E-state index in [4.69, 9.17) is 4.52 Å². The minimum Gasteiger partial charge on any atom is -0.342 e. The number of hydrogen-bond acceptors (Lipinski definition) is 3. The maximum Gasteiger partial charge on any atom is 0.214 e. The Morgan fingerprint density at radius 2 is 1.47 bits per heavy atom. The lowest BCUT2D eigenvalue weighted by molar-refractivity contribution is 0.419. The molecule has 3 heteroatoms. The van der Waals surface area contributed by atoms with Crippen molar-refractivity contribution in [3.05, 3.63) is 61.0 Å². The van der Waals surface area contributed by atoms with Crippen LogP contribution in [0.1, 0.15) is 0 Å². The van der Waals surface area contributed by atoms with Gasteiger partial charge in [-0.15, -0.1) is 0 Å². The van der Waals surface area contributed by atoms with Crippen LogP contribution in [0.2, 0.25) is 0 Å². The van der Waals surface area contributed by atoms with Crippen molar-refractivity contribution in [3.8, 4) is 22.5 Å². The van der Waals surface area contributed by atoms with Gasteiger partial charge in [-0.2, -0.15) is 4.98 Å². The van der Waals surface area contributed by atoms with Crippen LogP contribution in [-0.2, 0) is 0 Å². The van der Waals surface area contributed by atoms with Crippen molar-refractivity contribution in [2.45, 2.75) is 0 Å². The molecule has 3 aromatic rings. The summed E-state index contributed by atoms with van der Waals surface area (Å²) < 4.78 is 4.80. The molecule has 0 aliphatic heterocycles. The van der Waals surface area contributed by atoms with E-state index in [1.807, 2.05) is 36.4 Å². The van der Waals surface area contributed by atoms with E-state index in [1.165, 1.54) is 6.39 Å². The molecule has 3 nitrogen and oxygen atoms in total. The van der Waals surface area contributed by atoms with E-state index in [9.17, 15) is 0 Å². The van der Waals surface area contributed by atoms with E-state index < -0.39 is 0 Å². The Bertz CT molecular complexity index is 603. The summed E-state index contributed by atoms with van der Waals surface area (Å²) in [5.41, 5.74) is 3.23. The largest absolute Gasteiger partial charge is 0.342 e. The van der Waals surface area contributed by atoms with E-state index in [0.717, 1.165) is 16.7 Å². The zero-order chi connectivity index (χ0) is 11.5. The molecule has 2 aromatic carbocycles. The molecule has 17 heavy (non-hydrogen) atoms. The summed E-state index contributed by atoms with van der Waals surface area (Å²) in [7, 11) is 0. The van der Waals surface area contributed by atoms with Crippen molar-refractivity contribution >= 4 is 0 Å². The summed E-state index contributed by atoms with van der Waals surface area (Å²) in [5.74, 6) is 0.615. The number of aromatic nitrogens is 2. The third-order valence-electron chi connectivity index (χ3n) is 2.61. The van der Waals surface area contributed by atoms with Gasteiger partial charge in [0.15, 0.2) is 0 Å². The number of benzene rings is 2. The van der Waals surface area contributed by atoms with E-state index in [-0.39, 0.29) is 0 Å². The molecule has 0 atom stereocenters. The van der Waals surface area contributed by atoms with Gasteiger partial charge in [0, 0.05) is 5.56 Å². The molecular weight excluding hydrogens is 212 g/mol. The van der Waals surface area contributed by atoms with Gasteiger partial charge in [0.25, 0.3) is 0 Å². The fourth-order valence-corrected chi connectivity index (χ4v) is 1.84. The van der Waals surface area contributed by atoms with Crippen LogP contribution in [0.25, 0.3) is 22.5 Å². The molecular formula is C14H10N2O. The van der Waals surface area contributed by atoms with Gasteiger partial charge in [-0.05, 0) is 11.1 Å². The smallest absolute Gasteiger partial charge is 0.214 e. The van der Waals surface area contributed by atoms with Gasteiger partial charge in [0.1, 0.15) is 0 Å². The van der Waals surface area contributed by atoms with Gasteiger partial charge in [-0.25, -0.2) is 0 Å². The Morgan fingerprint density at radius 3 is 2.18 bits per heavy atom. The van der Waals surface area contributed by atoms with Crippen LogP contribution in [0.3, 0.4) is 0 Å². The Labute approximate surface area is 98.7 Å². The maximum atomic E-state index is 4.80. The topological polar surface area (TPSA) is 38.9 Å². The second-order valence-corrected chi connectivity index (χ2v) is 3.67. The Kier molecular flexibility index (Phi) is 2.43. The van der Waals surface area contributed by atoms with Crippen molar-refractivity contribution in [2.24, 2.45) is 0 Å². The monoisotopic (exact) mass is 222 g/mol. The van der Waals surface area contributed by atoms with Crippen molar-refractivity contribution in [1.82, 2.24) is 10.1 Å². The molecule has 3 rings (SSSR count). The number of hydrogen-bond donors (Lipinski definition) is 0. The molecule has 0 N–H and O–H groups in total. The zero-order valence-electron chi connectivity index (χ0n) is 9.08. The molecule has 0 fully saturated rings. The molecule has 0 bridgehead atoms. The minimum absolute atomic E-state index is 0.615. The normalized spacial score (nSPS) is 10.4. The van der Waals surface area contributed by atoms with E-state index >= 15 is 0 Å². The summed E-state index contributed by atoms with van der Waals surface area (Å²) >= 11 is 0. The molecule has 1 aromatic heterocycles. The molecule has 0 saturated carbocycles. The highest BCUT2D eigenvalue weighted by molar-refractivity contribution is 5.80. The number of nitrogens with zero attached hydrogens (tertiary/aromatic N) is 2. The second kappa shape index (κ2) is 4.22. The molecule has 0 saturated heterocycles. The van der Waals surface area contributed by atoms with Crippen molar-refractivity contribution < 1.29 is 4.52 Å². The van der Waals surface area contributed by atoms with Gasteiger partial charge in [-0.1, -0.05) is 59.8 Å². The highest BCUT2D eigenvalue weighted by Gasteiger charge is 2.09. The Balaban J connectivity index is 2.18. The van der Waals surface area contributed by atoms with E-state index in [1.54, 1.807) is 0 Å². The highest BCUT2D eigenvalue weighted by atomic mass is 16.5. The molecule has 82 valence electrons. The predicted octanol–water partition coefficient (Wildman–Crippen LogP) is 3.40. The average Bonchev–Trinajstić information content (AvgIpc) is 2.94. The van der Waals surface area contributed by atoms with Crippen LogP contribution >= 0.6 is 0 Å². The summed E-state index contributed by atoms with van der Waals surface area (Å²) in [4.78, 5) is 4.09. The van der Waals surface area contributed by atoms with Gasteiger partial charge in [0.2, 0.25) is 12.2 Å². The minimum atomic E-state index is 0.615. The lowest BCUT2D eigenvalue weighted by atomic mass is 9.99. The average molecular weight is 222 g/mol. The maximum absolute atomic E-state index is 4.80. The van der Waals surface area contributed by atoms with Gasteiger partial charge < -0.3 is 4.52 Å². The molecule has 0 radical (unpaired) electrons. The van der Waals surface area contributed by atoms with Crippen molar-refractivity contribution in [1.29, 1.82) is 0 Å². The third kappa shape index (κ3) is 1.83. The van der Waals surface area contributed by atoms with Gasteiger partial charge in [-0.3, -0.25) is 0 Å². The summed E-state index contributed by atoms with van der Waals surface area (Å²) in [6, 6.07) is 18.2. The summed E-state index contributed by atoms with van der Waals surface area (Å²) in [6.45, 7) is 0. The Morgan fingerprint density at radius 1 is 0.765 bits per heavy atom. The lowest BCUT2D eigenvalue weighted by Crippen LogP contribution is -1.86. The van der Waals surface area contributed by atoms with Crippen LogP contribution in [-0.4, -0.2) is 10.1 Å². The fraction of sp³-hybridized carbons (Fsp3) is 0. The molecule has 0 unspecified atom stereocenters. The van der Waals surface area contributed by atoms with E-state index in [2.05, 4.69) is 28.3 Å². The first-order valence-electron chi connectivity index (χ1n) is 5.36. The molecule has 0 aliphatic carbocycles. The van der Waals surface area contributed by atoms with Crippen molar-refractivity contribution in [3.63, 3.8) is 0 Å². The predicted molar refractivity (Wildman–Crippen MR) is 65.2 cm³/mol. The molecule has 0 amide bonds. The van der Waals surface area contributed by atoms with E-state index in [0.29, 0.717) is 5.82 Å². The fourth-order valence-electron chi connectivity index (χ4n) is 1.84. The first-order chi connectivity index (χ1) is 8.45. The van der Waals surface area contributed by atoms with Crippen LogP contribution in [0.5, 0.6) is 0 Å². The zero-order valence-corrected chi connectivity index (χ0v) is 9.08. The molecule has 0 spiro atoms. The number of rotatable bonds is 2. The van der Waals surface area contributed by atoms with Crippen LogP contribution in [0.4, 0.5) is 0 Å². The van der Waals surface area contributed by atoms with Crippen molar-refractivity contribution in [2.75, 3.05) is 0 Å². The quantitative estimate of drug-likeness (QED) is 0.667. The lowest BCUT2D eigenvalue weighted by Gasteiger charge is -2.05. The molecule has 0 aliphatic rings. The molecule has 1 heterocycles. The summed E-state index contributed by atoms with van der Waals surface area (Å²) in [6.07, 6.45) is 1.34. The van der Waals surface area contributed by atoms with Gasteiger partial charge >= 0.3 is 0 Å². The van der Waals surface area contributed by atoms with Crippen LogP contribution < -0.4 is 0 Å². The standard InChI is InChI=1S/C14H10N2O/c1-2-6-11(7-3-1)12-8-4-5-9-13(12)14-15-10-17-16-14/h1-10H.